The Bertz CT molecular complexity index is 1450. The van der Waals surface area contributed by atoms with E-state index in [0.717, 1.165) is 52.9 Å². The van der Waals surface area contributed by atoms with Crippen molar-refractivity contribution in [2.45, 2.75) is 89.1 Å². The minimum Gasteiger partial charge on any atom is -0.392 e. The maximum atomic E-state index is 12.4. The summed E-state index contributed by atoms with van der Waals surface area (Å²) >= 11 is 0. The van der Waals surface area contributed by atoms with Crippen LogP contribution in [0.1, 0.15) is 86.0 Å². The summed E-state index contributed by atoms with van der Waals surface area (Å²) in [5.41, 5.74) is 7.47. The fourth-order valence-corrected chi connectivity index (χ4v) is 6.63. The maximum absolute atomic E-state index is 12.4. The summed E-state index contributed by atoms with van der Waals surface area (Å²) in [6.07, 6.45) is 7.61. The highest BCUT2D eigenvalue weighted by Crippen LogP contribution is 2.39. The summed E-state index contributed by atoms with van der Waals surface area (Å²) in [4.78, 5) is 26.1. The van der Waals surface area contributed by atoms with Crippen molar-refractivity contribution in [1.29, 1.82) is 0 Å². The van der Waals surface area contributed by atoms with Crippen LogP contribution in [-0.4, -0.2) is 52.3 Å². The molecule has 1 saturated heterocycles. The van der Waals surface area contributed by atoms with Crippen LogP contribution < -0.4 is 10.8 Å². The summed E-state index contributed by atoms with van der Waals surface area (Å²) in [6.45, 7) is 6.03. The first-order valence-corrected chi connectivity index (χ1v) is 16.7. The van der Waals surface area contributed by atoms with E-state index in [0.29, 0.717) is 19.0 Å². The van der Waals surface area contributed by atoms with E-state index in [9.17, 15) is 14.7 Å². The van der Waals surface area contributed by atoms with Gasteiger partial charge in [0.1, 0.15) is 0 Å². The number of aliphatic hydroxyl groups is 1. The van der Waals surface area contributed by atoms with Gasteiger partial charge in [-0.05, 0) is 47.1 Å². The zero-order chi connectivity index (χ0) is 33.0. The van der Waals surface area contributed by atoms with Gasteiger partial charge in [0, 0.05) is 50.5 Å². The van der Waals surface area contributed by atoms with Gasteiger partial charge in [-0.25, -0.2) is 5.48 Å². The van der Waals surface area contributed by atoms with E-state index in [4.69, 9.17) is 14.7 Å². The van der Waals surface area contributed by atoms with Crippen LogP contribution in [0.2, 0.25) is 0 Å². The van der Waals surface area contributed by atoms with Crippen molar-refractivity contribution < 1.29 is 29.4 Å². The molecule has 2 amide bonds. The Kier molecular flexibility index (Phi) is 12.7. The molecule has 0 bridgehead atoms. The van der Waals surface area contributed by atoms with Gasteiger partial charge in [0.15, 0.2) is 6.29 Å². The molecule has 3 aromatic carbocycles. The molecule has 9 heteroatoms. The third-order valence-corrected chi connectivity index (χ3v) is 9.18. The molecule has 2 fully saturated rings. The van der Waals surface area contributed by atoms with Crippen LogP contribution in [0.25, 0.3) is 11.1 Å². The molecule has 0 unspecified atom stereocenters. The highest BCUT2D eigenvalue weighted by molar-refractivity contribution is 5.78. The Morgan fingerprint density at radius 1 is 0.915 bits per heavy atom. The van der Waals surface area contributed by atoms with Crippen LogP contribution >= 0.6 is 0 Å². The summed E-state index contributed by atoms with van der Waals surface area (Å²) < 4.78 is 13.3. The molecule has 4 N–H and O–H groups in total. The van der Waals surface area contributed by atoms with Gasteiger partial charge in [-0.3, -0.25) is 19.7 Å². The number of hydroxylamine groups is 1. The number of carbonyl (C=O) groups is 2. The number of ether oxygens (including phenoxy) is 2. The molecule has 9 nitrogen and oxygen atoms in total. The standard InChI is InChI=1S/C38H47N3O6/c1-2-22-41(32-9-4-5-10-32)25-33-23-35(29-16-14-27(26-42)15-17-29)47-38(46-33)30-20-18-28(19-21-30)34-11-6-3-8-31(34)24-39-36(43)12-7-13-37(44)40-45/h2-3,6,8,11,14-21,32-33,35,38,42,45H,1,4-5,7,9-10,12-13,22-26H2,(H,39,43)(H,40,44)/t33-,35+,38+/m0/s1. The van der Waals surface area contributed by atoms with Crippen molar-refractivity contribution in [3.05, 3.63) is 108 Å². The summed E-state index contributed by atoms with van der Waals surface area (Å²) in [7, 11) is 0. The third kappa shape index (κ3) is 9.59. The van der Waals surface area contributed by atoms with Crippen LogP contribution in [0, 0.1) is 0 Å². The van der Waals surface area contributed by atoms with Crippen molar-refractivity contribution in [3.63, 3.8) is 0 Å². The second kappa shape index (κ2) is 17.3. The summed E-state index contributed by atoms with van der Waals surface area (Å²) in [5.74, 6) is -0.653. The molecule has 3 aromatic rings. The highest BCUT2D eigenvalue weighted by Gasteiger charge is 2.34. The van der Waals surface area contributed by atoms with E-state index in [-0.39, 0.29) is 37.6 Å². The van der Waals surface area contributed by atoms with E-state index in [2.05, 4.69) is 28.9 Å². The number of hydrogen-bond acceptors (Lipinski definition) is 7. The highest BCUT2D eigenvalue weighted by atomic mass is 16.7. The molecule has 0 radical (unpaired) electrons. The lowest BCUT2D eigenvalue weighted by molar-refractivity contribution is -0.253. The quantitative estimate of drug-likeness (QED) is 0.0898. The van der Waals surface area contributed by atoms with Crippen molar-refractivity contribution in [2.75, 3.05) is 13.1 Å². The number of nitrogens with one attached hydrogen (secondary N) is 2. The number of aliphatic hydroxyl groups excluding tert-OH is 1. The van der Waals surface area contributed by atoms with E-state index in [1.165, 1.54) is 25.7 Å². The Balaban J connectivity index is 1.30. The molecule has 1 saturated carbocycles. The number of nitrogens with zero attached hydrogens (tertiary/aromatic N) is 1. The zero-order valence-corrected chi connectivity index (χ0v) is 27.0. The summed E-state index contributed by atoms with van der Waals surface area (Å²) in [5, 5.41) is 21.1. The molecular weight excluding hydrogens is 594 g/mol. The van der Waals surface area contributed by atoms with Gasteiger partial charge in [0.25, 0.3) is 0 Å². The number of rotatable bonds is 15. The molecule has 1 aliphatic heterocycles. The van der Waals surface area contributed by atoms with Crippen LogP contribution in [0.5, 0.6) is 0 Å². The smallest absolute Gasteiger partial charge is 0.243 e. The number of amides is 2. The Hall–Kier alpha value is -3.86. The predicted molar refractivity (Wildman–Crippen MR) is 180 cm³/mol. The lowest BCUT2D eigenvalue weighted by Gasteiger charge is -2.39. The van der Waals surface area contributed by atoms with E-state index in [1.807, 2.05) is 66.7 Å². The van der Waals surface area contributed by atoms with Gasteiger partial charge in [-0.2, -0.15) is 0 Å². The van der Waals surface area contributed by atoms with Crippen molar-refractivity contribution >= 4 is 11.8 Å². The van der Waals surface area contributed by atoms with Crippen molar-refractivity contribution in [3.8, 4) is 11.1 Å². The topological polar surface area (TPSA) is 120 Å². The average Bonchev–Trinajstić information content (AvgIpc) is 3.66. The van der Waals surface area contributed by atoms with Gasteiger partial charge in [0.05, 0.1) is 18.8 Å². The molecule has 1 heterocycles. The monoisotopic (exact) mass is 641 g/mol. The van der Waals surface area contributed by atoms with Crippen molar-refractivity contribution in [1.82, 2.24) is 15.7 Å². The molecule has 3 atom stereocenters. The van der Waals surface area contributed by atoms with Gasteiger partial charge in [0.2, 0.25) is 11.8 Å². The lowest BCUT2D eigenvalue weighted by atomic mass is 9.97. The molecule has 0 aromatic heterocycles. The molecule has 47 heavy (non-hydrogen) atoms. The number of hydrogen-bond donors (Lipinski definition) is 4. The Morgan fingerprint density at radius 3 is 2.32 bits per heavy atom. The van der Waals surface area contributed by atoms with Gasteiger partial charge < -0.3 is 19.9 Å². The van der Waals surface area contributed by atoms with Gasteiger partial charge in [-0.15, -0.1) is 6.58 Å². The molecule has 5 rings (SSSR count). The third-order valence-electron chi connectivity index (χ3n) is 9.18. The van der Waals surface area contributed by atoms with Gasteiger partial charge >= 0.3 is 0 Å². The Labute approximate surface area is 277 Å². The van der Waals surface area contributed by atoms with E-state index < -0.39 is 12.2 Å². The van der Waals surface area contributed by atoms with Crippen LogP contribution in [0.4, 0.5) is 0 Å². The maximum Gasteiger partial charge on any atom is 0.243 e. The summed E-state index contributed by atoms with van der Waals surface area (Å²) in [6, 6.07) is 24.7. The minimum atomic E-state index is -0.540. The SMILES string of the molecule is C=CCN(C[C@@H]1C[C@H](c2ccc(CO)cc2)O[C@H](c2ccc(-c3ccccc3CNC(=O)CCCC(=O)NO)cc2)O1)C1CCCC1. The second-order valence-electron chi connectivity index (χ2n) is 12.5. The Morgan fingerprint density at radius 2 is 1.62 bits per heavy atom. The van der Waals surface area contributed by atoms with Gasteiger partial charge in [-0.1, -0.05) is 91.7 Å². The molecule has 250 valence electrons. The molecule has 2 aliphatic rings. The van der Waals surface area contributed by atoms with Crippen molar-refractivity contribution in [2.24, 2.45) is 0 Å². The predicted octanol–water partition coefficient (Wildman–Crippen LogP) is 6.11. The van der Waals surface area contributed by atoms with Crippen LogP contribution in [0.3, 0.4) is 0 Å². The fourth-order valence-electron chi connectivity index (χ4n) is 6.63. The molecule has 1 aliphatic carbocycles. The molecular formula is C38H47N3O6. The number of carbonyl (C=O) groups excluding carboxylic acids is 2. The fraction of sp³-hybridized carbons (Fsp3) is 0.421. The van der Waals surface area contributed by atoms with Crippen LogP contribution in [0.15, 0.2) is 85.5 Å². The first kappa shape index (κ1) is 34.5. The lowest BCUT2D eigenvalue weighted by Crippen LogP contribution is -2.43. The average molecular weight is 642 g/mol. The normalized spacial score (nSPS) is 19.9. The van der Waals surface area contributed by atoms with Crippen LogP contribution in [-0.2, 0) is 32.2 Å². The zero-order valence-electron chi connectivity index (χ0n) is 27.0. The minimum absolute atomic E-state index is 0.00538. The first-order chi connectivity index (χ1) is 23.0. The van der Waals surface area contributed by atoms with E-state index in [1.54, 1.807) is 5.48 Å². The second-order valence-corrected chi connectivity index (χ2v) is 12.5. The number of benzene rings is 3. The largest absolute Gasteiger partial charge is 0.392 e. The molecule has 0 spiro atoms. The van der Waals surface area contributed by atoms with E-state index >= 15 is 0 Å². The first-order valence-electron chi connectivity index (χ1n) is 16.7.